The highest BCUT2D eigenvalue weighted by Crippen LogP contribution is 2.14. The SMILES string of the molecule is CN(C(=O)OCc1ccccc1)c1nc2c(c(=O)[nH]1)COCC2. The second kappa shape index (κ2) is 6.62. The van der Waals surface area contributed by atoms with E-state index in [4.69, 9.17) is 9.47 Å². The molecule has 23 heavy (non-hydrogen) atoms. The van der Waals surface area contributed by atoms with E-state index in [0.29, 0.717) is 24.3 Å². The maximum absolute atomic E-state index is 12.1. The van der Waals surface area contributed by atoms with Gasteiger partial charge in [0.2, 0.25) is 5.95 Å². The van der Waals surface area contributed by atoms with E-state index in [1.165, 1.54) is 11.9 Å². The molecule has 2 aromatic rings. The van der Waals surface area contributed by atoms with Crippen LogP contribution in [-0.4, -0.2) is 29.7 Å². The van der Waals surface area contributed by atoms with Crippen LogP contribution in [0.5, 0.6) is 0 Å². The molecule has 0 bridgehead atoms. The number of aromatic nitrogens is 2. The lowest BCUT2D eigenvalue weighted by Gasteiger charge is -2.19. The lowest BCUT2D eigenvalue weighted by molar-refractivity contribution is 0.108. The lowest BCUT2D eigenvalue weighted by atomic mass is 10.1. The van der Waals surface area contributed by atoms with Crippen molar-refractivity contribution in [3.05, 3.63) is 57.5 Å². The van der Waals surface area contributed by atoms with Crippen molar-refractivity contribution in [2.75, 3.05) is 18.6 Å². The van der Waals surface area contributed by atoms with Gasteiger partial charge in [0.1, 0.15) is 6.61 Å². The third-order valence-corrected chi connectivity index (χ3v) is 3.61. The van der Waals surface area contributed by atoms with Crippen LogP contribution in [0, 0.1) is 0 Å². The third-order valence-electron chi connectivity index (χ3n) is 3.61. The van der Waals surface area contributed by atoms with Crippen LogP contribution in [0.1, 0.15) is 16.8 Å². The number of carbonyl (C=O) groups excluding carboxylic acids is 1. The molecule has 1 aromatic carbocycles. The van der Waals surface area contributed by atoms with E-state index < -0.39 is 6.09 Å². The average molecular weight is 315 g/mol. The topological polar surface area (TPSA) is 84.5 Å². The van der Waals surface area contributed by atoms with E-state index in [0.717, 1.165) is 5.56 Å². The molecule has 120 valence electrons. The second-order valence-electron chi connectivity index (χ2n) is 5.22. The van der Waals surface area contributed by atoms with Crippen molar-refractivity contribution in [2.45, 2.75) is 19.6 Å². The Morgan fingerprint density at radius 1 is 1.39 bits per heavy atom. The second-order valence-corrected chi connectivity index (χ2v) is 5.22. The summed E-state index contributed by atoms with van der Waals surface area (Å²) in [6.07, 6.45) is -0.0249. The maximum atomic E-state index is 12.1. The first kappa shape index (κ1) is 15.2. The molecule has 0 saturated heterocycles. The summed E-state index contributed by atoms with van der Waals surface area (Å²) in [6.45, 7) is 0.929. The van der Waals surface area contributed by atoms with Crippen LogP contribution in [-0.2, 0) is 29.1 Å². The molecule has 1 aliphatic heterocycles. The van der Waals surface area contributed by atoms with Gasteiger partial charge < -0.3 is 9.47 Å². The molecule has 1 amide bonds. The van der Waals surface area contributed by atoms with Gasteiger partial charge in [0.05, 0.1) is 24.5 Å². The van der Waals surface area contributed by atoms with Crippen molar-refractivity contribution in [2.24, 2.45) is 0 Å². The first-order valence-corrected chi connectivity index (χ1v) is 7.29. The van der Waals surface area contributed by atoms with Gasteiger partial charge in [-0.1, -0.05) is 30.3 Å². The van der Waals surface area contributed by atoms with Crippen molar-refractivity contribution in [3.63, 3.8) is 0 Å². The quantitative estimate of drug-likeness (QED) is 0.930. The van der Waals surface area contributed by atoms with E-state index in [-0.39, 0.29) is 24.7 Å². The van der Waals surface area contributed by atoms with Crippen LogP contribution >= 0.6 is 0 Å². The molecule has 1 N–H and O–H groups in total. The van der Waals surface area contributed by atoms with E-state index in [9.17, 15) is 9.59 Å². The molecular weight excluding hydrogens is 298 g/mol. The molecule has 0 spiro atoms. The van der Waals surface area contributed by atoms with E-state index in [2.05, 4.69) is 9.97 Å². The summed E-state index contributed by atoms with van der Waals surface area (Å²) in [4.78, 5) is 32.3. The zero-order valence-electron chi connectivity index (χ0n) is 12.7. The fourth-order valence-corrected chi connectivity index (χ4v) is 2.29. The third kappa shape index (κ3) is 3.40. The summed E-state index contributed by atoms with van der Waals surface area (Å²) in [5.74, 6) is 0.175. The Morgan fingerprint density at radius 3 is 2.96 bits per heavy atom. The molecule has 0 unspecified atom stereocenters. The van der Waals surface area contributed by atoms with E-state index in [1.807, 2.05) is 30.3 Å². The minimum Gasteiger partial charge on any atom is -0.444 e. The minimum atomic E-state index is -0.580. The Balaban J connectivity index is 1.72. The number of anilines is 1. The van der Waals surface area contributed by atoms with Gasteiger partial charge in [0.25, 0.3) is 5.56 Å². The highest BCUT2D eigenvalue weighted by atomic mass is 16.6. The number of ether oxygens (including phenoxy) is 2. The summed E-state index contributed by atoms with van der Waals surface area (Å²) in [5, 5.41) is 0. The lowest BCUT2D eigenvalue weighted by Crippen LogP contribution is -2.33. The summed E-state index contributed by atoms with van der Waals surface area (Å²) in [7, 11) is 1.51. The standard InChI is InChI=1S/C16H17N3O4/c1-19(16(21)23-9-11-5-3-2-4-6-11)15-17-13-7-8-22-10-12(13)14(20)18-15/h2-6H,7-10H2,1H3,(H,17,18,20). The summed E-state index contributed by atoms with van der Waals surface area (Å²) in [6, 6.07) is 9.37. The average Bonchev–Trinajstić information content (AvgIpc) is 2.60. The van der Waals surface area contributed by atoms with Gasteiger partial charge in [-0.3, -0.25) is 14.7 Å². The van der Waals surface area contributed by atoms with Crippen molar-refractivity contribution < 1.29 is 14.3 Å². The van der Waals surface area contributed by atoms with Crippen molar-refractivity contribution >= 4 is 12.0 Å². The van der Waals surface area contributed by atoms with Gasteiger partial charge in [0.15, 0.2) is 0 Å². The molecule has 7 nitrogen and oxygen atoms in total. The normalized spacial score (nSPS) is 13.3. The van der Waals surface area contributed by atoms with Crippen molar-refractivity contribution in [1.29, 1.82) is 0 Å². The number of hydrogen-bond donors (Lipinski definition) is 1. The zero-order valence-corrected chi connectivity index (χ0v) is 12.7. The fourth-order valence-electron chi connectivity index (χ4n) is 2.29. The highest BCUT2D eigenvalue weighted by molar-refractivity contribution is 5.84. The molecule has 2 heterocycles. The number of amides is 1. The molecule has 7 heteroatoms. The molecular formula is C16H17N3O4. The predicted molar refractivity (Wildman–Crippen MR) is 83.2 cm³/mol. The van der Waals surface area contributed by atoms with Gasteiger partial charge in [-0.25, -0.2) is 9.78 Å². The highest BCUT2D eigenvalue weighted by Gasteiger charge is 2.20. The summed E-state index contributed by atoms with van der Waals surface area (Å²) in [5.41, 5.74) is 1.79. The van der Waals surface area contributed by atoms with Crippen molar-refractivity contribution in [3.8, 4) is 0 Å². The number of H-pyrrole nitrogens is 1. The monoisotopic (exact) mass is 315 g/mol. The first-order chi connectivity index (χ1) is 11.1. The largest absolute Gasteiger partial charge is 0.444 e. The van der Waals surface area contributed by atoms with Crippen LogP contribution in [0.2, 0.25) is 0 Å². The Kier molecular flexibility index (Phi) is 4.38. The van der Waals surface area contributed by atoms with Crippen LogP contribution in [0.15, 0.2) is 35.1 Å². The fraction of sp³-hybridized carbons (Fsp3) is 0.312. The summed E-state index contributed by atoms with van der Waals surface area (Å²) >= 11 is 0. The van der Waals surface area contributed by atoms with E-state index >= 15 is 0 Å². The van der Waals surface area contributed by atoms with Gasteiger partial charge in [-0.15, -0.1) is 0 Å². The Bertz CT molecular complexity index is 758. The smallest absolute Gasteiger partial charge is 0.416 e. The molecule has 3 rings (SSSR count). The Morgan fingerprint density at radius 2 is 2.17 bits per heavy atom. The van der Waals surface area contributed by atoms with E-state index in [1.54, 1.807) is 0 Å². The van der Waals surface area contributed by atoms with Crippen LogP contribution in [0.25, 0.3) is 0 Å². The van der Waals surface area contributed by atoms with Gasteiger partial charge in [0, 0.05) is 13.5 Å². The molecule has 0 radical (unpaired) electrons. The number of rotatable bonds is 3. The van der Waals surface area contributed by atoms with Gasteiger partial charge in [-0.2, -0.15) is 0 Å². The molecule has 1 aromatic heterocycles. The van der Waals surface area contributed by atoms with Crippen LogP contribution in [0.4, 0.5) is 10.7 Å². The van der Waals surface area contributed by atoms with Crippen LogP contribution in [0.3, 0.4) is 0 Å². The van der Waals surface area contributed by atoms with Gasteiger partial charge >= 0.3 is 6.09 Å². The number of hydrogen-bond acceptors (Lipinski definition) is 5. The Hall–Kier alpha value is -2.67. The number of nitrogens with one attached hydrogen (secondary N) is 1. The summed E-state index contributed by atoms with van der Waals surface area (Å²) < 4.78 is 10.5. The number of fused-ring (bicyclic) bond motifs is 1. The van der Waals surface area contributed by atoms with Crippen LogP contribution < -0.4 is 10.5 Å². The van der Waals surface area contributed by atoms with Gasteiger partial charge in [-0.05, 0) is 5.56 Å². The Labute approximate surface area is 132 Å². The van der Waals surface area contributed by atoms with Crippen molar-refractivity contribution in [1.82, 2.24) is 9.97 Å². The zero-order chi connectivity index (χ0) is 16.2. The molecule has 0 aliphatic carbocycles. The molecule has 0 saturated carbocycles. The number of carbonyl (C=O) groups is 1. The number of nitrogens with zero attached hydrogens (tertiary/aromatic N) is 2. The molecule has 0 atom stereocenters. The first-order valence-electron chi connectivity index (χ1n) is 7.29. The number of benzene rings is 1. The molecule has 0 fully saturated rings. The number of aromatic amines is 1. The minimum absolute atomic E-state index is 0.160. The molecule has 1 aliphatic rings. The predicted octanol–water partition coefficient (Wildman–Crippen LogP) is 1.62. The maximum Gasteiger partial charge on any atom is 0.416 e.